The van der Waals surface area contributed by atoms with E-state index < -0.39 is 9.84 Å². The van der Waals surface area contributed by atoms with E-state index in [0.717, 1.165) is 5.56 Å². The molecule has 6 heteroatoms. The summed E-state index contributed by atoms with van der Waals surface area (Å²) in [5.74, 6) is 0.338. The number of methoxy groups -OCH3 is 1. The van der Waals surface area contributed by atoms with Gasteiger partial charge in [0.2, 0.25) is 0 Å². The summed E-state index contributed by atoms with van der Waals surface area (Å²) < 4.78 is 29.9. The standard InChI is InChI=1S/C15H16ClNO3S/c1-20-13-3-2-4-14(8-13)21(18,19)10-12-6-5-11(9-17)7-15(12)16/h2-8H,9-10,17H2,1H3. The Morgan fingerprint density at radius 2 is 1.95 bits per heavy atom. The van der Waals surface area contributed by atoms with Crippen molar-refractivity contribution < 1.29 is 13.2 Å². The van der Waals surface area contributed by atoms with Gasteiger partial charge >= 0.3 is 0 Å². The Morgan fingerprint density at radius 3 is 2.57 bits per heavy atom. The monoisotopic (exact) mass is 325 g/mol. The van der Waals surface area contributed by atoms with E-state index in [-0.39, 0.29) is 10.6 Å². The number of sulfone groups is 1. The van der Waals surface area contributed by atoms with Crippen molar-refractivity contribution in [1.29, 1.82) is 0 Å². The fraction of sp³-hybridized carbons (Fsp3) is 0.200. The Hall–Kier alpha value is -1.56. The van der Waals surface area contributed by atoms with Crippen LogP contribution >= 0.6 is 11.6 Å². The Morgan fingerprint density at radius 1 is 1.19 bits per heavy atom. The molecule has 0 atom stereocenters. The highest BCUT2D eigenvalue weighted by molar-refractivity contribution is 7.90. The Labute approximate surface area is 129 Å². The van der Waals surface area contributed by atoms with Crippen LogP contribution in [0.2, 0.25) is 5.02 Å². The summed E-state index contributed by atoms with van der Waals surface area (Å²) in [5.41, 5.74) is 6.94. The summed E-state index contributed by atoms with van der Waals surface area (Å²) in [4.78, 5) is 0.209. The normalized spacial score (nSPS) is 11.4. The third kappa shape index (κ3) is 3.75. The maximum absolute atomic E-state index is 12.4. The van der Waals surface area contributed by atoms with E-state index in [0.29, 0.717) is 22.9 Å². The molecule has 2 aromatic carbocycles. The van der Waals surface area contributed by atoms with Gasteiger partial charge in [0, 0.05) is 11.6 Å². The molecule has 2 aromatic rings. The molecule has 0 saturated carbocycles. The van der Waals surface area contributed by atoms with Gasteiger partial charge in [-0.05, 0) is 35.4 Å². The first kappa shape index (κ1) is 15.8. The first-order chi connectivity index (χ1) is 9.96. The molecule has 0 bridgehead atoms. The van der Waals surface area contributed by atoms with E-state index in [4.69, 9.17) is 22.1 Å². The summed E-state index contributed by atoms with van der Waals surface area (Å²) in [5, 5.41) is 0.407. The third-order valence-electron chi connectivity index (χ3n) is 3.10. The SMILES string of the molecule is COc1cccc(S(=O)(=O)Cc2ccc(CN)cc2Cl)c1. The van der Waals surface area contributed by atoms with Gasteiger partial charge in [0.05, 0.1) is 17.8 Å². The Bertz CT molecular complexity index is 744. The van der Waals surface area contributed by atoms with Crippen molar-refractivity contribution in [2.45, 2.75) is 17.2 Å². The average Bonchev–Trinajstić information content (AvgIpc) is 2.49. The molecule has 0 unspecified atom stereocenters. The fourth-order valence-corrected chi connectivity index (χ4v) is 3.68. The highest BCUT2D eigenvalue weighted by atomic mass is 35.5. The van der Waals surface area contributed by atoms with Gasteiger partial charge in [-0.2, -0.15) is 0 Å². The number of hydrogen-bond acceptors (Lipinski definition) is 4. The van der Waals surface area contributed by atoms with Crippen LogP contribution in [0.25, 0.3) is 0 Å². The highest BCUT2D eigenvalue weighted by Crippen LogP contribution is 2.25. The van der Waals surface area contributed by atoms with Crippen LogP contribution < -0.4 is 10.5 Å². The number of nitrogens with two attached hydrogens (primary N) is 1. The second kappa shape index (κ2) is 6.47. The summed E-state index contributed by atoms with van der Waals surface area (Å²) in [6.45, 7) is 0.364. The minimum atomic E-state index is -3.48. The average molecular weight is 326 g/mol. The maximum Gasteiger partial charge on any atom is 0.182 e. The van der Waals surface area contributed by atoms with Crippen LogP contribution in [0, 0.1) is 0 Å². The first-order valence-electron chi connectivity index (χ1n) is 6.30. The maximum atomic E-state index is 12.4. The van der Waals surface area contributed by atoms with Crippen molar-refractivity contribution in [2.24, 2.45) is 5.73 Å². The molecule has 0 radical (unpaired) electrons. The molecule has 0 aliphatic heterocycles. The molecule has 2 N–H and O–H groups in total. The summed E-state index contributed by atoms with van der Waals surface area (Å²) in [6, 6.07) is 11.5. The van der Waals surface area contributed by atoms with Gasteiger partial charge in [-0.3, -0.25) is 0 Å². The van der Waals surface area contributed by atoms with Crippen LogP contribution in [-0.4, -0.2) is 15.5 Å². The molecule has 112 valence electrons. The topological polar surface area (TPSA) is 69.4 Å². The van der Waals surface area contributed by atoms with Gasteiger partial charge < -0.3 is 10.5 Å². The second-order valence-electron chi connectivity index (χ2n) is 4.57. The largest absolute Gasteiger partial charge is 0.497 e. The van der Waals surface area contributed by atoms with Crippen LogP contribution in [-0.2, 0) is 22.1 Å². The number of rotatable bonds is 5. The molecule has 4 nitrogen and oxygen atoms in total. The van der Waals surface area contributed by atoms with Crippen LogP contribution in [0.5, 0.6) is 5.75 Å². The Balaban J connectivity index is 2.32. The predicted molar refractivity (Wildman–Crippen MR) is 83.2 cm³/mol. The van der Waals surface area contributed by atoms with Crippen molar-refractivity contribution in [3.05, 3.63) is 58.6 Å². The van der Waals surface area contributed by atoms with Crippen LogP contribution in [0.15, 0.2) is 47.4 Å². The van der Waals surface area contributed by atoms with Crippen molar-refractivity contribution in [2.75, 3.05) is 7.11 Å². The van der Waals surface area contributed by atoms with Crippen molar-refractivity contribution in [3.8, 4) is 5.75 Å². The minimum Gasteiger partial charge on any atom is -0.497 e. The van der Waals surface area contributed by atoms with Gasteiger partial charge in [-0.1, -0.05) is 29.8 Å². The third-order valence-corrected chi connectivity index (χ3v) is 5.11. The van der Waals surface area contributed by atoms with Gasteiger partial charge in [0.15, 0.2) is 9.84 Å². The zero-order chi connectivity index (χ0) is 15.5. The lowest BCUT2D eigenvalue weighted by atomic mass is 10.1. The molecule has 0 aromatic heterocycles. The van der Waals surface area contributed by atoms with Gasteiger partial charge in [-0.25, -0.2) is 8.42 Å². The number of hydrogen-bond donors (Lipinski definition) is 1. The Kier molecular flexibility index (Phi) is 4.88. The molecule has 0 heterocycles. The lowest BCUT2D eigenvalue weighted by Crippen LogP contribution is -2.06. The molecule has 0 spiro atoms. The number of ether oxygens (including phenoxy) is 1. The van der Waals surface area contributed by atoms with Gasteiger partial charge in [0.1, 0.15) is 5.75 Å². The van der Waals surface area contributed by atoms with Crippen LogP contribution in [0.3, 0.4) is 0 Å². The molecular formula is C15H16ClNO3S. The smallest absolute Gasteiger partial charge is 0.182 e. The van der Waals surface area contributed by atoms with Crippen molar-refractivity contribution >= 4 is 21.4 Å². The van der Waals surface area contributed by atoms with Crippen LogP contribution in [0.4, 0.5) is 0 Å². The lowest BCUT2D eigenvalue weighted by Gasteiger charge is -2.09. The molecular weight excluding hydrogens is 310 g/mol. The van der Waals surface area contributed by atoms with Crippen LogP contribution in [0.1, 0.15) is 11.1 Å². The predicted octanol–water partition coefficient (Wildman–Crippen LogP) is 2.78. The van der Waals surface area contributed by atoms with E-state index in [9.17, 15) is 8.42 Å². The summed E-state index contributed by atoms with van der Waals surface area (Å²) >= 11 is 6.12. The molecule has 0 aliphatic rings. The highest BCUT2D eigenvalue weighted by Gasteiger charge is 2.17. The molecule has 21 heavy (non-hydrogen) atoms. The van der Waals surface area contributed by atoms with Crippen molar-refractivity contribution in [3.63, 3.8) is 0 Å². The van der Waals surface area contributed by atoms with E-state index >= 15 is 0 Å². The molecule has 0 saturated heterocycles. The molecule has 0 amide bonds. The zero-order valence-corrected chi connectivity index (χ0v) is 13.1. The fourth-order valence-electron chi connectivity index (χ4n) is 1.92. The number of halogens is 1. The van der Waals surface area contributed by atoms with Crippen molar-refractivity contribution in [1.82, 2.24) is 0 Å². The van der Waals surface area contributed by atoms with E-state index in [1.807, 2.05) is 0 Å². The van der Waals surface area contributed by atoms with Gasteiger partial charge in [-0.15, -0.1) is 0 Å². The molecule has 0 aliphatic carbocycles. The van der Waals surface area contributed by atoms with E-state index in [1.165, 1.54) is 13.2 Å². The van der Waals surface area contributed by atoms with E-state index in [2.05, 4.69) is 0 Å². The lowest BCUT2D eigenvalue weighted by molar-refractivity contribution is 0.413. The number of benzene rings is 2. The zero-order valence-electron chi connectivity index (χ0n) is 11.5. The molecule has 2 rings (SSSR count). The first-order valence-corrected chi connectivity index (χ1v) is 8.33. The molecule has 0 fully saturated rings. The second-order valence-corrected chi connectivity index (χ2v) is 6.96. The summed E-state index contributed by atoms with van der Waals surface area (Å²) in [7, 11) is -1.99. The van der Waals surface area contributed by atoms with Gasteiger partial charge in [0.25, 0.3) is 0 Å². The summed E-state index contributed by atoms with van der Waals surface area (Å²) in [6.07, 6.45) is 0. The minimum absolute atomic E-state index is 0.163. The van der Waals surface area contributed by atoms with E-state index in [1.54, 1.807) is 36.4 Å². The quantitative estimate of drug-likeness (QED) is 0.917.